The Balaban J connectivity index is 2.48. The summed E-state index contributed by atoms with van der Waals surface area (Å²) in [6, 6.07) is 1.91. The van der Waals surface area contributed by atoms with E-state index >= 15 is 0 Å². The number of methoxy groups -OCH3 is 1. The quantitative estimate of drug-likeness (QED) is 0.604. The van der Waals surface area contributed by atoms with E-state index in [-0.39, 0.29) is 6.10 Å². The Hall–Kier alpha value is -1.42. The number of aryl methyl sites for hydroxylation is 1. The van der Waals surface area contributed by atoms with Crippen LogP contribution in [0.4, 0.5) is 17.1 Å². The molecule has 1 aliphatic heterocycles. The molecular formula is C11H17N3O. The second kappa shape index (κ2) is 3.62. The van der Waals surface area contributed by atoms with Crippen LogP contribution in [0.15, 0.2) is 6.07 Å². The van der Waals surface area contributed by atoms with Gasteiger partial charge in [-0.05, 0) is 18.6 Å². The summed E-state index contributed by atoms with van der Waals surface area (Å²) in [4.78, 5) is 0. The lowest BCUT2D eigenvalue weighted by atomic mass is 9.96. The summed E-state index contributed by atoms with van der Waals surface area (Å²) in [5.41, 5.74) is 16.7. The van der Waals surface area contributed by atoms with Gasteiger partial charge in [0.15, 0.2) is 0 Å². The van der Waals surface area contributed by atoms with Gasteiger partial charge < -0.3 is 21.5 Å². The molecule has 0 saturated heterocycles. The molecule has 0 aliphatic carbocycles. The lowest BCUT2D eigenvalue weighted by Crippen LogP contribution is -2.30. The fourth-order valence-corrected chi connectivity index (χ4v) is 2.03. The molecule has 4 heteroatoms. The molecule has 4 nitrogen and oxygen atoms in total. The van der Waals surface area contributed by atoms with Crippen LogP contribution in [-0.4, -0.2) is 19.8 Å². The molecule has 82 valence electrons. The van der Waals surface area contributed by atoms with E-state index in [1.54, 1.807) is 7.11 Å². The third-order valence-electron chi connectivity index (χ3n) is 2.98. The van der Waals surface area contributed by atoms with Crippen molar-refractivity contribution in [1.82, 2.24) is 0 Å². The van der Waals surface area contributed by atoms with Gasteiger partial charge in [-0.3, -0.25) is 0 Å². The van der Waals surface area contributed by atoms with Crippen molar-refractivity contribution >= 4 is 17.1 Å². The molecular weight excluding hydrogens is 190 g/mol. The molecule has 1 unspecified atom stereocenters. The first-order valence-electron chi connectivity index (χ1n) is 5.07. The van der Waals surface area contributed by atoms with Crippen molar-refractivity contribution in [3.8, 4) is 0 Å². The van der Waals surface area contributed by atoms with E-state index in [1.807, 2.05) is 13.0 Å². The van der Waals surface area contributed by atoms with Gasteiger partial charge in [-0.2, -0.15) is 0 Å². The number of fused-ring (bicyclic) bond motifs is 1. The molecule has 0 aromatic heterocycles. The van der Waals surface area contributed by atoms with Crippen LogP contribution in [0.5, 0.6) is 0 Å². The van der Waals surface area contributed by atoms with Gasteiger partial charge in [0, 0.05) is 31.3 Å². The van der Waals surface area contributed by atoms with E-state index in [0.717, 1.165) is 41.2 Å². The molecule has 0 spiro atoms. The van der Waals surface area contributed by atoms with E-state index in [2.05, 4.69) is 5.32 Å². The van der Waals surface area contributed by atoms with Crippen molar-refractivity contribution in [3.05, 3.63) is 17.2 Å². The third-order valence-corrected chi connectivity index (χ3v) is 2.98. The van der Waals surface area contributed by atoms with E-state index in [1.165, 1.54) is 0 Å². The van der Waals surface area contributed by atoms with Crippen LogP contribution in [0.2, 0.25) is 0 Å². The van der Waals surface area contributed by atoms with Crippen molar-refractivity contribution in [2.45, 2.75) is 19.4 Å². The standard InChI is InChI=1S/C11H17N3O/c1-6-3-9(12)11-8(10(6)13)4-7(15-2)5-14-11/h3,7,14H,4-5,12-13H2,1-2H3. The highest BCUT2D eigenvalue weighted by Crippen LogP contribution is 2.35. The summed E-state index contributed by atoms with van der Waals surface area (Å²) < 4.78 is 5.32. The zero-order chi connectivity index (χ0) is 11.0. The molecule has 1 atom stereocenters. The van der Waals surface area contributed by atoms with Crippen LogP contribution in [0.1, 0.15) is 11.1 Å². The van der Waals surface area contributed by atoms with E-state index in [4.69, 9.17) is 16.2 Å². The number of ether oxygens (including phenoxy) is 1. The number of nitrogens with two attached hydrogens (primary N) is 2. The Kier molecular flexibility index (Phi) is 2.44. The van der Waals surface area contributed by atoms with E-state index in [9.17, 15) is 0 Å². The number of nitrogens with one attached hydrogen (secondary N) is 1. The fraction of sp³-hybridized carbons (Fsp3) is 0.455. The SMILES string of the molecule is COC1CNc2c(N)cc(C)c(N)c2C1. The van der Waals surface area contributed by atoms with Gasteiger partial charge in [-0.25, -0.2) is 0 Å². The highest BCUT2D eigenvalue weighted by Gasteiger charge is 2.22. The lowest BCUT2D eigenvalue weighted by Gasteiger charge is -2.28. The fourth-order valence-electron chi connectivity index (χ4n) is 2.03. The van der Waals surface area contributed by atoms with Gasteiger partial charge in [0.2, 0.25) is 0 Å². The molecule has 0 saturated carbocycles. The summed E-state index contributed by atoms with van der Waals surface area (Å²) in [5, 5.41) is 3.27. The summed E-state index contributed by atoms with van der Waals surface area (Å²) in [5.74, 6) is 0. The second-order valence-electron chi connectivity index (χ2n) is 3.99. The highest BCUT2D eigenvalue weighted by molar-refractivity contribution is 5.80. The van der Waals surface area contributed by atoms with Crippen LogP contribution < -0.4 is 16.8 Å². The second-order valence-corrected chi connectivity index (χ2v) is 3.99. The van der Waals surface area contributed by atoms with Crippen molar-refractivity contribution < 1.29 is 4.74 Å². The topological polar surface area (TPSA) is 73.3 Å². The Morgan fingerprint density at radius 2 is 2.20 bits per heavy atom. The maximum absolute atomic E-state index is 6.04. The number of nitrogen functional groups attached to an aromatic ring is 2. The molecule has 1 aliphatic rings. The Morgan fingerprint density at radius 1 is 1.47 bits per heavy atom. The van der Waals surface area contributed by atoms with Crippen molar-refractivity contribution in [1.29, 1.82) is 0 Å². The minimum atomic E-state index is 0.181. The van der Waals surface area contributed by atoms with Crippen molar-refractivity contribution in [3.63, 3.8) is 0 Å². The molecule has 1 aromatic carbocycles. The summed E-state index contributed by atoms with van der Waals surface area (Å²) >= 11 is 0. The first-order valence-corrected chi connectivity index (χ1v) is 5.07. The van der Waals surface area contributed by atoms with Crippen molar-refractivity contribution in [2.24, 2.45) is 0 Å². The van der Waals surface area contributed by atoms with Gasteiger partial charge in [0.05, 0.1) is 17.5 Å². The van der Waals surface area contributed by atoms with Gasteiger partial charge in [0.25, 0.3) is 0 Å². The summed E-state index contributed by atoms with van der Waals surface area (Å²) in [7, 11) is 1.71. The van der Waals surface area contributed by atoms with Gasteiger partial charge in [-0.15, -0.1) is 0 Å². The smallest absolute Gasteiger partial charge is 0.0785 e. The number of anilines is 3. The maximum atomic E-state index is 6.04. The first-order chi connectivity index (χ1) is 7.13. The number of hydrogen-bond acceptors (Lipinski definition) is 4. The monoisotopic (exact) mass is 207 g/mol. The van der Waals surface area contributed by atoms with Gasteiger partial charge in [0.1, 0.15) is 0 Å². The molecule has 1 aromatic rings. The summed E-state index contributed by atoms with van der Waals surface area (Å²) in [6.45, 7) is 2.76. The molecule has 15 heavy (non-hydrogen) atoms. The third kappa shape index (κ3) is 1.61. The van der Waals surface area contributed by atoms with E-state index < -0.39 is 0 Å². The normalized spacial score (nSPS) is 19.5. The van der Waals surface area contributed by atoms with Crippen LogP contribution in [0.25, 0.3) is 0 Å². The Labute approximate surface area is 89.6 Å². The average molecular weight is 207 g/mol. The molecule has 5 N–H and O–H groups in total. The van der Waals surface area contributed by atoms with Crippen molar-refractivity contribution in [2.75, 3.05) is 30.4 Å². The van der Waals surface area contributed by atoms with Gasteiger partial charge >= 0.3 is 0 Å². The zero-order valence-corrected chi connectivity index (χ0v) is 9.13. The van der Waals surface area contributed by atoms with Gasteiger partial charge in [-0.1, -0.05) is 0 Å². The molecule has 0 bridgehead atoms. The first kappa shape index (κ1) is 10.1. The van der Waals surface area contributed by atoms with E-state index in [0.29, 0.717) is 0 Å². The molecule has 2 rings (SSSR count). The number of hydrogen-bond donors (Lipinski definition) is 3. The number of rotatable bonds is 1. The minimum Gasteiger partial charge on any atom is -0.398 e. The lowest BCUT2D eigenvalue weighted by molar-refractivity contribution is 0.111. The largest absolute Gasteiger partial charge is 0.398 e. The summed E-state index contributed by atoms with van der Waals surface area (Å²) in [6.07, 6.45) is 1.01. The average Bonchev–Trinajstić information content (AvgIpc) is 2.25. The van der Waals surface area contributed by atoms with Crippen LogP contribution in [-0.2, 0) is 11.2 Å². The highest BCUT2D eigenvalue weighted by atomic mass is 16.5. The molecule has 1 heterocycles. The van der Waals surface area contributed by atoms with Crippen LogP contribution >= 0.6 is 0 Å². The maximum Gasteiger partial charge on any atom is 0.0785 e. The molecule has 0 radical (unpaired) electrons. The predicted octanol–water partition coefficient (Wildman–Crippen LogP) is 1.14. The van der Waals surface area contributed by atoms with Crippen LogP contribution in [0, 0.1) is 6.92 Å². The Bertz CT molecular complexity index is 390. The molecule has 0 amide bonds. The Morgan fingerprint density at radius 3 is 2.87 bits per heavy atom. The van der Waals surface area contributed by atoms with Crippen LogP contribution in [0.3, 0.4) is 0 Å². The predicted molar refractivity (Wildman–Crippen MR) is 63.0 cm³/mol. The molecule has 0 fully saturated rings. The number of benzene rings is 1. The minimum absolute atomic E-state index is 0.181. The zero-order valence-electron chi connectivity index (χ0n) is 9.13.